The lowest BCUT2D eigenvalue weighted by Gasteiger charge is -2.23. The number of thiophene rings is 1. The minimum atomic E-state index is 0.872. The van der Waals surface area contributed by atoms with Crippen molar-refractivity contribution in [1.29, 1.82) is 0 Å². The van der Waals surface area contributed by atoms with Gasteiger partial charge in [0.05, 0.1) is 0 Å². The molecule has 1 saturated carbocycles. The second kappa shape index (κ2) is 2.14. The van der Waals surface area contributed by atoms with Crippen LogP contribution in [-0.4, -0.2) is 0 Å². The van der Waals surface area contributed by atoms with E-state index in [9.17, 15) is 0 Å². The fourth-order valence-corrected chi connectivity index (χ4v) is 1.84. The molecule has 1 aliphatic carbocycles. The number of rotatable bonds is 1. The first kappa shape index (κ1) is 5.48. The van der Waals surface area contributed by atoms with E-state index >= 15 is 0 Å². The summed E-state index contributed by atoms with van der Waals surface area (Å²) >= 11 is 1.69. The summed E-state index contributed by atoms with van der Waals surface area (Å²) in [6.45, 7) is 0. The highest BCUT2D eigenvalue weighted by Gasteiger charge is 2.19. The molecule has 0 bridgehead atoms. The maximum Gasteiger partial charge on any atom is 0.0480 e. The molecule has 0 aromatic carbocycles. The molecule has 0 N–H and O–H groups in total. The molecule has 0 aliphatic heterocycles. The van der Waals surface area contributed by atoms with Gasteiger partial charge in [0.2, 0.25) is 0 Å². The van der Waals surface area contributed by atoms with Crippen LogP contribution in [-0.2, 0) is 0 Å². The van der Waals surface area contributed by atoms with Crippen molar-refractivity contribution in [3.05, 3.63) is 22.4 Å². The molecule has 1 radical (unpaired) electrons. The van der Waals surface area contributed by atoms with Crippen LogP contribution in [0.5, 0.6) is 0 Å². The molecule has 0 nitrogen and oxygen atoms in total. The highest BCUT2D eigenvalue weighted by atomic mass is 32.1. The average Bonchev–Trinajstić information content (AvgIpc) is 2.11. The lowest BCUT2D eigenvalue weighted by molar-refractivity contribution is 0.420. The van der Waals surface area contributed by atoms with E-state index in [0.717, 1.165) is 5.92 Å². The molecular formula is C8H9S. The van der Waals surface area contributed by atoms with Crippen LogP contribution in [0.4, 0.5) is 0 Å². The molecule has 0 amide bonds. The van der Waals surface area contributed by atoms with E-state index in [2.05, 4.69) is 16.8 Å². The van der Waals surface area contributed by atoms with Gasteiger partial charge in [0.25, 0.3) is 0 Å². The largest absolute Gasteiger partial charge is 0.143 e. The Hall–Kier alpha value is -0.300. The third kappa shape index (κ3) is 0.897. The zero-order valence-electron chi connectivity index (χ0n) is 5.26. The summed E-state index contributed by atoms with van der Waals surface area (Å²) in [6.07, 6.45) is 4.22. The van der Waals surface area contributed by atoms with Gasteiger partial charge in [0.1, 0.15) is 0 Å². The Bertz CT molecular complexity index is 172. The van der Waals surface area contributed by atoms with Crippen molar-refractivity contribution in [2.75, 3.05) is 0 Å². The first-order chi connectivity index (χ1) is 4.47. The summed E-state index contributed by atoms with van der Waals surface area (Å²) in [4.78, 5) is 0. The summed E-state index contributed by atoms with van der Waals surface area (Å²) in [6, 6.07) is 2.20. The first-order valence-electron chi connectivity index (χ1n) is 3.42. The Morgan fingerprint density at radius 3 is 2.89 bits per heavy atom. The van der Waals surface area contributed by atoms with Crippen molar-refractivity contribution in [2.45, 2.75) is 25.2 Å². The van der Waals surface area contributed by atoms with Crippen LogP contribution < -0.4 is 0 Å². The Morgan fingerprint density at radius 2 is 2.44 bits per heavy atom. The van der Waals surface area contributed by atoms with Crippen molar-refractivity contribution in [3.8, 4) is 0 Å². The van der Waals surface area contributed by atoms with Gasteiger partial charge >= 0.3 is 0 Å². The molecule has 1 heterocycles. The number of hydrogen-bond donors (Lipinski definition) is 0. The predicted octanol–water partition coefficient (Wildman–Crippen LogP) is 2.82. The van der Waals surface area contributed by atoms with E-state index < -0.39 is 0 Å². The van der Waals surface area contributed by atoms with Crippen molar-refractivity contribution in [3.63, 3.8) is 0 Å². The van der Waals surface area contributed by atoms with Crippen LogP contribution in [0.25, 0.3) is 0 Å². The van der Waals surface area contributed by atoms with Crippen molar-refractivity contribution >= 4 is 11.3 Å². The lowest BCUT2D eigenvalue weighted by Crippen LogP contribution is -2.07. The predicted molar refractivity (Wildman–Crippen MR) is 39.7 cm³/mol. The molecule has 0 saturated heterocycles. The van der Waals surface area contributed by atoms with E-state index in [0.29, 0.717) is 0 Å². The molecule has 1 fully saturated rings. The lowest BCUT2D eigenvalue weighted by atomic mass is 9.81. The SMILES string of the molecule is [c]1sccc1C1CCC1. The van der Waals surface area contributed by atoms with Crippen LogP contribution in [0.2, 0.25) is 0 Å². The smallest absolute Gasteiger partial charge is 0.0480 e. The fourth-order valence-electron chi connectivity index (χ4n) is 1.18. The fraction of sp³-hybridized carbons (Fsp3) is 0.500. The molecule has 0 atom stereocenters. The molecule has 1 aromatic rings. The molecule has 1 heteroatoms. The molecule has 1 aliphatic rings. The summed E-state index contributed by atoms with van der Waals surface area (Å²) in [5.41, 5.74) is 1.45. The van der Waals surface area contributed by atoms with Crippen molar-refractivity contribution in [2.24, 2.45) is 0 Å². The monoisotopic (exact) mass is 137 g/mol. The molecule has 2 rings (SSSR count). The Balaban J connectivity index is 2.14. The van der Waals surface area contributed by atoms with Crippen LogP contribution in [0.3, 0.4) is 0 Å². The number of hydrogen-bond acceptors (Lipinski definition) is 1. The van der Waals surface area contributed by atoms with E-state index in [-0.39, 0.29) is 0 Å². The molecule has 47 valence electrons. The van der Waals surface area contributed by atoms with Gasteiger partial charge in [-0.25, -0.2) is 0 Å². The zero-order valence-corrected chi connectivity index (χ0v) is 6.08. The topological polar surface area (TPSA) is 0 Å². The standard InChI is InChI=1S/C8H9S/c1-2-7(3-1)8-4-5-9-6-8/h4-5,7H,1-3H2. The normalized spacial score (nSPS) is 19.6. The Kier molecular flexibility index (Phi) is 1.31. The van der Waals surface area contributed by atoms with Crippen LogP contribution in [0.1, 0.15) is 30.7 Å². The van der Waals surface area contributed by atoms with Gasteiger partial charge in [0.15, 0.2) is 0 Å². The van der Waals surface area contributed by atoms with E-state index in [1.807, 2.05) is 0 Å². The van der Waals surface area contributed by atoms with E-state index in [4.69, 9.17) is 0 Å². The zero-order chi connectivity index (χ0) is 6.10. The summed E-state index contributed by atoms with van der Waals surface area (Å²) < 4.78 is 0. The van der Waals surface area contributed by atoms with Crippen molar-refractivity contribution in [1.82, 2.24) is 0 Å². The molecular weight excluding hydrogens is 128 g/mol. The van der Waals surface area contributed by atoms with Gasteiger partial charge in [-0.3, -0.25) is 0 Å². The second-order valence-corrected chi connectivity index (χ2v) is 3.32. The molecule has 1 aromatic heterocycles. The van der Waals surface area contributed by atoms with E-state index in [1.54, 1.807) is 11.3 Å². The first-order valence-corrected chi connectivity index (χ1v) is 4.30. The Morgan fingerprint density at radius 1 is 1.56 bits per heavy atom. The van der Waals surface area contributed by atoms with Gasteiger partial charge in [-0.1, -0.05) is 6.42 Å². The molecule has 0 spiro atoms. The summed E-state index contributed by atoms with van der Waals surface area (Å²) in [5, 5.41) is 5.40. The van der Waals surface area contributed by atoms with Gasteiger partial charge in [-0.15, -0.1) is 11.3 Å². The van der Waals surface area contributed by atoms with E-state index in [1.165, 1.54) is 24.8 Å². The average molecular weight is 137 g/mol. The molecule has 9 heavy (non-hydrogen) atoms. The highest BCUT2D eigenvalue weighted by molar-refractivity contribution is 7.07. The summed E-state index contributed by atoms with van der Waals surface area (Å²) in [5.74, 6) is 0.872. The third-order valence-corrected chi connectivity index (χ3v) is 2.66. The minimum absolute atomic E-state index is 0.872. The Labute approximate surface area is 59.5 Å². The quantitative estimate of drug-likeness (QED) is 0.558. The maximum atomic E-state index is 3.28. The van der Waals surface area contributed by atoms with Gasteiger partial charge in [-0.05, 0) is 35.8 Å². The van der Waals surface area contributed by atoms with Gasteiger partial charge in [-0.2, -0.15) is 0 Å². The minimum Gasteiger partial charge on any atom is -0.143 e. The van der Waals surface area contributed by atoms with Crippen molar-refractivity contribution < 1.29 is 0 Å². The highest BCUT2D eigenvalue weighted by Crippen LogP contribution is 2.36. The molecule has 0 unspecified atom stereocenters. The van der Waals surface area contributed by atoms with Crippen LogP contribution in [0.15, 0.2) is 11.4 Å². The maximum absolute atomic E-state index is 3.28. The third-order valence-electron chi connectivity index (χ3n) is 2.04. The van der Waals surface area contributed by atoms with Crippen LogP contribution in [0, 0.1) is 5.38 Å². The second-order valence-electron chi connectivity index (χ2n) is 2.61. The van der Waals surface area contributed by atoms with Gasteiger partial charge in [0, 0.05) is 5.38 Å². The van der Waals surface area contributed by atoms with Crippen LogP contribution >= 0.6 is 11.3 Å². The van der Waals surface area contributed by atoms with Gasteiger partial charge < -0.3 is 0 Å². The summed E-state index contributed by atoms with van der Waals surface area (Å²) in [7, 11) is 0.